The molecule has 0 spiro atoms. The highest BCUT2D eigenvalue weighted by molar-refractivity contribution is 5.90. The van der Waals surface area contributed by atoms with Gasteiger partial charge in [0.15, 0.2) is 0 Å². The Kier molecular flexibility index (Phi) is 4.48. The Bertz CT molecular complexity index is 771. The zero-order chi connectivity index (χ0) is 18.0. The van der Waals surface area contributed by atoms with Gasteiger partial charge in [-0.1, -0.05) is 17.3 Å². The molecule has 3 rings (SSSR count). The van der Waals surface area contributed by atoms with Crippen LogP contribution < -0.4 is 10.1 Å². The number of carbonyl (C=O) groups is 2. The number of ether oxygens (including phenoxy) is 1. The minimum Gasteiger partial charge on any atom is -0.489 e. The second-order valence-corrected chi connectivity index (χ2v) is 6.35. The van der Waals surface area contributed by atoms with E-state index in [0.717, 1.165) is 22.6 Å². The lowest BCUT2D eigenvalue weighted by molar-refractivity contribution is -0.143. The summed E-state index contributed by atoms with van der Waals surface area (Å²) in [4.78, 5) is 23.1. The minimum atomic E-state index is -1.05. The fourth-order valence-electron chi connectivity index (χ4n) is 2.58. The second-order valence-electron chi connectivity index (χ2n) is 6.35. The number of aryl methyl sites for hydroxylation is 2. The maximum atomic E-state index is 12.0. The Morgan fingerprint density at radius 3 is 2.48 bits per heavy atom. The van der Waals surface area contributed by atoms with E-state index in [1.807, 2.05) is 13.8 Å². The molecule has 1 aromatic heterocycles. The molecule has 2 aromatic rings. The molecule has 1 fully saturated rings. The summed E-state index contributed by atoms with van der Waals surface area (Å²) in [6.45, 7) is 4.06. The highest BCUT2D eigenvalue weighted by Crippen LogP contribution is 2.35. The number of carbonyl (C=O) groups excluding carboxylic acids is 1. The largest absolute Gasteiger partial charge is 0.489 e. The summed E-state index contributed by atoms with van der Waals surface area (Å²) in [5.74, 6) is 0.153. The van der Waals surface area contributed by atoms with Crippen LogP contribution in [0.25, 0.3) is 0 Å². The first-order valence-electron chi connectivity index (χ1n) is 8.07. The van der Waals surface area contributed by atoms with Gasteiger partial charge in [0, 0.05) is 0 Å². The molecule has 1 amide bonds. The number of benzene rings is 1. The third-order valence-corrected chi connectivity index (χ3v) is 4.39. The SMILES string of the molecule is Cc1noc(C)c1COc1ccc(CC(=O)NC2(C(=O)O)CC2)cc1. The predicted octanol–water partition coefficient (Wildman–Crippen LogP) is 2.15. The summed E-state index contributed by atoms with van der Waals surface area (Å²) in [6.07, 6.45) is 1.12. The molecular formula is C18H20N2O5. The Labute approximate surface area is 145 Å². The number of hydrogen-bond donors (Lipinski definition) is 2. The molecule has 132 valence electrons. The Morgan fingerprint density at radius 1 is 1.28 bits per heavy atom. The van der Waals surface area contributed by atoms with Gasteiger partial charge in [-0.2, -0.15) is 0 Å². The van der Waals surface area contributed by atoms with E-state index < -0.39 is 11.5 Å². The van der Waals surface area contributed by atoms with Crippen molar-refractivity contribution in [2.24, 2.45) is 0 Å². The van der Waals surface area contributed by atoms with Crippen molar-refractivity contribution < 1.29 is 24.0 Å². The van der Waals surface area contributed by atoms with Crippen LogP contribution in [0.2, 0.25) is 0 Å². The molecule has 1 aliphatic rings. The molecule has 2 N–H and O–H groups in total. The number of hydrogen-bond acceptors (Lipinski definition) is 5. The van der Waals surface area contributed by atoms with E-state index >= 15 is 0 Å². The van der Waals surface area contributed by atoms with Crippen LogP contribution in [-0.2, 0) is 22.6 Å². The summed E-state index contributed by atoms with van der Waals surface area (Å²) < 4.78 is 10.8. The average molecular weight is 344 g/mol. The van der Waals surface area contributed by atoms with Crippen molar-refractivity contribution in [3.63, 3.8) is 0 Å². The van der Waals surface area contributed by atoms with Crippen molar-refractivity contribution in [2.75, 3.05) is 0 Å². The Balaban J connectivity index is 1.54. The molecule has 0 unspecified atom stereocenters. The number of nitrogens with zero attached hydrogens (tertiary/aromatic N) is 1. The molecule has 1 aliphatic carbocycles. The van der Waals surface area contributed by atoms with Gasteiger partial charge in [0.1, 0.15) is 23.7 Å². The number of carboxylic acid groups (broad SMARTS) is 1. The molecule has 0 saturated heterocycles. The third kappa shape index (κ3) is 3.81. The summed E-state index contributed by atoms with van der Waals surface area (Å²) in [5.41, 5.74) is 1.47. The maximum Gasteiger partial charge on any atom is 0.329 e. The first-order chi connectivity index (χ1) is 11.9. The van der Waals surface area contributed by atoms with Crippen molar-refractivity contribution in [1.82, 2.24) is 10.5 Å². The van der Waals surface area contributed by atoms with Crippen LogP contribution in [0.4, 0.5) is 0 Å². The highest BCUT2D eigenvalue weighted by atomic mass is 16.5. The second kappa shape index (κ2) is 6.58. The molecule has 0 bridgehead atoms. The summed E-state index contributed by atoms with van der Waals surface area (Å²) >= 11 is 0. The van der Waals surface area contributed by atoms with Crippen molar-refractivity contribution >= 4 is 11.9 Å². The molecular weight excluding hydrogens is 324 g/mol. The van der Waals surface area contributed by atoms with E-state index in [1.54, 1.807) is 24.3 Å². The molecule has 7 heteroatoms. The zero-order valence-electron chi connectivity index (χ0n) is 14.2. The fourth-order valence-corrected chi connectivity index (χ4v) is 2.58. The molecule has 25 heavy (non-hydrogen) atoms. The third-order valence-electron chi connectivity index (χ3n) is 4.39. The topological polar surface area (TPSA) is 102 Å². The van der Waals surface area contributed by atoms with Crippen molar-refractivity contribution in [3.05, 3.63) is 46.8 Å². The molecule has 1 saturated carbocycles. The lowest BCUT2D eigenvalue weighted by Gasteiger charge is -2.12. The number of amides is 1. The Morgan fingerprint density at radius 2 is 1.96 bits per heavy atom. The average Bonchev–Trinajstić information content (AvgIpc) is 3.28. The van der Waals surface area contributed by atoms with Crippen LogP contribution in [0.3, 0.4) is 0 Å². The standard InChI is InChI=1S/C18H20N2O5/c1-11-15(12(2)25-20-11)10-24-14-5-3-13(4-6-14)9-16(21)19-18(7-8-18)17(22)23/h3-6H,7-10H2,1-2H3,(H,19,21)(H,22,23). The Hall–Kier alpha value is -2.83. The van der Waals surface area contributed by atoms with Crippen LogP contribution in [0.15, 0.2) is 28.8 Å². The number of nitrogens with one attached hydrogen (secondary N) is 1. The maximum absolute atomic E-state index is 12.0. The number of carboxylic acids is 1. The number of aliphatic carboxylic acids is 1. The number of aromatic nitrogens is 1. The van der Waals surface area contributed by atoms with Gasteiger partial charge >= 0.3 is 5.97 Å². The van der Waals surface area contributed by atoms with Crippen molar-refractivity contribution in [1.29, 1.82) is 0 Å². The van der Waals surface area contributed by atoms with Crippen LogP contribution in [0.5, 0.6) is 5.75 Å². The van der Waals surface area contributed by atoms with E-state index in [1.165, 1.54) is 0 Å². The van der Waals surface area contributed by atoms with E-state index in [-0.39, 0.29) is 12.3 Å². The highest BCUT2D eigenvalue weighted by Gasteiger charge is 2.51. The monoisotopic (exact) mass is 344 g/mol. The summed E-state index contributed by atoms with van der Waals surface area (Å²) in [5, 5.41) is 15.6. The zero-order valence-corrected chi connectivity index (χ0v) is 14.2. The fraction of sp³-hybridized carbons (Fsp3) is 0.389. The van der Waals surface area contributed by atoms with Crippen molar-refractivity contribution in [2.45, 2.75) is 45.3 Å². The van der Waals surface area contributed by atoms with E-state index in [0.29, 0.717) is 25.2 Å². The van der Waals surface area contributed by atoms with E-state index in [2.05, 4.69) is 10.5 Å². The predicted molar refractivity (Wildman–Crippen MR) is 88.2 cm³/mol. The molecule has 7 nitrogen and oxygen atoms in total. The molecule has 1 aromatic carbocycles. The number of rotatable bonds is 7. The van der Waals surface area contributed by atoms with Gasteiger partial charge in [-0.25, -0.2) is 4.79 Å². The van der Waals surface area contributed by atoms with Crippen LogP contribution >= 0.6 is 0 Å². The van der Waals surface area contributed by atoms with Crippen LogP contribution in [0, 0.1) is 13.8 Å². The van der Waals surface area contributed by atoms with Gasteiger partial charge in [0.05, 0.1) is 17.7 Å². The van der Waals surface area contributed by atoms with E-state index in [4.69, 9.17) is 14.4 Å². The van der Waals surface area contributed by atoms with Crippen molar-refractivity contribution in [3.8, 4) is 5.75 Å². The normalized spacial score (nSPS) is 14.8. The quantitative estimate of drug-likeness (QED) is 0.798. The lowest BCUT2D eigenvalue weighted by Crippen LogP contribution is -2.43. The minimum absolute atomic E-state index is 0.138. The van der Waals surface area contributed by atoms with Gasteiger partial charge in [-0.3, -0.25) is 4.79 Å². The van der Waals surface area contributed by atoms with Gasteiger partial charge < -0.3 is 19.7 Å². The van der Waals surface area contributed by atoms with Gasteiger partial charge in [0.25, 0.3) is 0 Å². The summed E-state index contributed by atoms with van der Waals surface area (Å²) in [7, 11) is 0. The van der Waals surface area contributed by atoms with Crippen LogP contribution in [-0.4, -0.2) is 27.7 Å². The first-order valence-corrected chi connectivity index (χ1v) is 8.07. The molecule has 0 atom stereocenters. The lowest BCUT2D eigenvalue weighted by atomic mass is 10.1. The summed E-state index contributed by atoms with van der Waals surface area (Å²) in [6, 6.07) is 7.15. The molecule has 0 radical (unpaired) electrons. The first kappa shape index (κ1) is 17.0. The smallest absolute Gasteiger partial charge is 0.329 e. The molecule has 0 aliphatic heterocycles. The van der Waals surface area contributed by atoms with Crippen LogP contribution in [0.1, 0.15) is 35.4 Å². The van der Waals surface area contributed by atoms with Gasteiger partial charge in [0.2, 0.25) is 5.91 Å². The van der Waals surface area contributed by atoms with E-state index in [9.17, 15) is 9.59 Å². The van der Waals surface area contributed by atoms with Gasteiger partial charge in [-0.05, 0) is 44.4 Å². The molecule has 1 heterocycles. The van der Waals surface area contributed by atoms with Gasteiger partial charge in [-0.15, -0.1) is 0 Å².